The van der Waals surface area contributed by atoms with Crippen LogP contribution in [0, 0.1) is 16.7 Å². The Morgan fingerprint density at radius 1 is 1.15 bits per heavy atom. The second-order valence-electron chi connectivity index (χ2n) is 10.8. The molecule has 0 saturated carbocycles. The van der Waals surface area contributed by atoms with Gasteiger partial charge in [-0.3, -0.25) is 9.69 Å². The number of fused-ring (bicyclic) bond motifs is 1. The predicted molar refractivity (Wildman–Crippen MR) is 142 cm³/mol. The first-order chi connectivity index (χ1) is 19.0. The number of hydrogen-bond donors (Lipinski definition) is 2. The number of nitrogens with one attached hydrogen (secondary N) is 2. The molecule has 0 aliphatic carbocycles. The van der Waals surface area contributed by atoms with E-state index in [9.17, 15) is 14.9 Å². The van der Waals surface area contributed by atoms with Crippen molar-refractivity contribution in [3.05, 3.63) is 53.2 Å². The normalized spacial score (nSPS) is 23.8. The molecular weight excluding hydrogens is 498 g/mol. The molecule has 3 amide bonds. The molecule has 3 saturated heterocycles. The van der Waals surface area contributed by atoms with Gasteiger partial charge >= 0.3 is 6.03 Å². The van der Waals surface area contributed by atoms with Crippen LogP contribution in [-0.2, 0) is 15.1 Å². The van der Waals surface area contributed by atoms with Gasteiger partial charge in [-0.2, -0.15) is 5.26 Å². The molecule has 1 spiro atoms. The summed E-state index contributed by atoms with van der Waals surface area (Å²) in [5, 5.41) is 15.5. The lowest BCUT2D eigenvalue weighted by Crippen LogP contribution is -2.74. The van der Waals surface area contributed by atoms with E-state index in [0.717, 1.165) is 52.5 Å². The molecule has 4 aliphatic rings. The molecule has 1 aromatic heterocycles. The van der Waals surface area contributed by atoms with Crippen molar-refractivity contribution < 1.29 is 19.1 Å². The second-order valence-corrected chi connectivity index (χ2v) is 10.8. The first-order valence-corrected chi connectivity index (χ1v) is 13.5. The molecular formula is C28H33N7O4. The maximum absolute atomic E-state index is 13.7. The number of likely N-dealkylation sites (tertiary alicyclic amines) is 2. The van der Waals surface area contributed by atoms with E-state index in [2.05, 4.69) is 31.5 Å². The van der Waals surface area contributed by atoms with E-state index >= 15 is 0 Å². The van der Waals surface area contributed by atoms with Gasteiger partial charge in [-0.15, -0.1) is 0 Å². The highest BCUT2D eigenvalue weighted by Gasteiger charge is 2.56. The molecule has 0 unspecified atom stereocenters. The van der Waals surface area contributed by atoms with Crippen LogP contribution >= 0.6 is 0 Å². The van der Waals surface area contributed by atoms with E-state index in [4.69, 9.17) is 9.47 Å². The number of ether oxygens (including phenoxy) is 2. The Kier molecular flexibility index (Phi) is 6.62. The van der Waals surface area contributed by atoms with E-state index in [-0.39, 0.29) is 17.3 Å². The third-order valence-corrected chi connectivity index (χ3v) is 8.19. The van der Waals surface area contributed by atoms with Crippen molar-refractivity contribution in [1.29, 1.82) is 5.26 Å². The smallest absolute Gasteiger partial charge is 0.318 e. The summed E-state index contributed by atoms with van der Waals surface area (Å²) < 4.78 is 11.2. The van der Waals surface area contributed by atoms with E-state index < -0.39 is 11.4 Å². The average molecular weight is 532 g/mol. The van der Waals surface area contributed by atoms with Gasteiger partial charge in [0, 0.05) is 75.2 Å². The summed E-state index contributed by atoms with van der Waals surface area (Å²) in [6.45, 7) is 11.1. The van der Waals surface area contributed by atoms with Gasteiger partial charge in [0.1, 0.15) is 0 Å². The molecule has 39 heavy (non-hydrogen) atoms. The Morgan fingerprint density at radius 2 is 1.92 bits per heavy atom. The third kappa shape index (κ3) is 4.48. The third-order valence-electron chi connectivity index (χ3n) is 8.19. The van der Waals surface area contributed by atoms with Crippen LogP contribution in [0.15, 0.2) is 36.5 Å². The molecule has 1 atom stereocenters. The summed E-state index contributed by atoms with van der Waals surface area (Å²) >= 11 is 0. The molecule has 0 radical (unpaired) electrons. The molecule has 1 aromatic carbocycles. The van der Waals surface area contributed by atoms with Crippen LogP contribution in [-0.4, -0.2) is 104 Å². The number of anilines is 1. The standard InChI is InChI=1S/C28H33N7O4/c1-2-39-24-21(4-3-7-30-24)28(22-14-20(15-29)5-6-23(22)31-25(28)36)32-26(37)35-18-27(19-35)16-34(17-27)9-8-33-10-12-38-13-11-33/h3-7,14H,2,8-13,16-19H2,1H3,(H,31,36)(H,32,37)/t28-/m1/s1. The van der Waals surface area contributed by atoms with Crippen LogP contribution < -0.4 is 15.4 Å². The average Bonchev–Trinajstić information content (AvgIpc) is 3.18. The van der Waals surface area contributed by atoms with Crippen LogP contribution in [0.2, 0.25) is 0 Å². The van der Waals surface area contributed by atoms with Gasteiger partial charge in [-0.1, -0.05) is 0 Å². The van der Waals surface area contributed by atoms with E-state index in [1.807, 2.05) is 6.92 Å². The Balaban J connectivity index is 1.18. The lowest BCUT2D eigenvalue weighted by Gasteiger charge is -2.60. The molecule has 6 rings (SSSR count). The maximum Gasteiger partial charge on any atom is 0.318 e. The minimum absolute atomic E-state index is 0.115. The maximum atomic E-state index is 13.7. The van der Waals surface area contributed by atoms with Crippen molar-refractivity contribution >= 4 is 17.6 Å². The zero-order valence-electron chi connectivity index (χ0n) is 22.1. The van der Waals surface area contributed by atoms with Crippen molar-refractivity contribution in [2.45, 2.75) is 12.5 Å². The van der Waals surface area contributed by atoms with Gasteiger partial charge in [0.05, 0.1) is 37.0 Å². The van der Waals surface area contributed by atoms with E-state index in [1.165, 1.54) is 0 Å². The van der Waals surface area contributed by atoms with Gasteiger partial charge in [0.15, 0.2) is 5.54 Å². The Hall–Kier alpha value is -3.72. The van der Waals surface area contributed by atoms with Crippen LogP contribution in [0.5, 0.6) is 5.88 Å². The molecule has 11 nitrogen and oxygen atoms in total. The Morgan fingerprint density at radius 3 is 2.67 bits per heavy atom. The molecule has 2 aromatic rings. The number of pyridine rings is 1. The number of hydrogen-bond acceptors (Lipinski definition) is 8. The quantitative estimate of drug-likeness (QED) is 0.547. The van der Waals surface area contributed by atoms with Crippen molar-refractivity contribution in [1.82, 2.24) is 25.0 Å². The molecule has 4 aliphatic heterocycles. The van der Waals surface area contributed by atoms with Gasteiger partial charge in [0.2, 0.25) is 5.88 Å². The highest BCUT2D eigenvalue weighted by molar-refractivity contribution is 6.10. The number of amides is 3. The molecule has 11 heteroatoms. The zero-order valence-corrected chi connectivity index (χ0v) is 22.1. The number of aromatic nitrogens is 1. The fourth-order valence-electron chi connectivity index (χ4n) is 6.27. The monoisotopic (exact) mass is 531 g/mol. The van der Waals surface area contributed by atoms with Crippen molar-refractivity contribution in [3.63, 3.8) is 0 Å². The van der Waals surface area contributed by atoms with Crippen LogP contribution in [0.3, 0.4) is 0 Å². The number of rotatable bonds is 7. The number of morpholine rings is 1. The zero-order chi connectivity index (χ0) is 27.0. The fourth-order valence-corrected chi connectivity index (χ4v) is 6.27. The fraction of sp³-hybridized carbons (Fsp3) is 0.500. The molecule has 2 N–H and O–H groups in total. The molecule has 0 bridgehead atoms. The summed E-state index contributed by atoms with van der Waals surface area (Å²) in [6, 6.07) is 10.2. The largest absolute Gasteiger partial charge is 0.478 e. The first kappa shape index (κ1) is 25.6. The number of benzene rings is 1. The van der Waals surface area contributed by atoms with Crippen molar-refractivity contribution in [3.8, 4) is 11.9 Å². The highest BCUT2D eigenvalue weighted by Crippen LogP contribution is 2.45. The van der Waals surface area contributed by atoms with Crippen LogP contribution in [0.1, 0.15) is 23.6 Å². The molecule has 204 valence electrons. The molecule has 3 fully saturated rings. The minimum Gasteiger partial charge on any atom is -0.478 e. The minimum atomic E-state index is -1.58. The van der Waals surface area contributed by atoms with Gasteiger partial charge in [0.25, 0.3) is 5.91 Å². The predicted octanol–water partition coefficient (Wildman–Crippen LogP) is 1.21. The van der Waals surface area contributed by atoms with Gasteiger partial charge in [-0.05, 0) is 37.3 Å². The number of carbonyl (C=O) groups is 2. The highest BCUT2D eigenvalue weighted by atomic mass is 16.5. The van der Waals surface area contributed by atoms with Crippen molar-refractivity contribution in [2.24, 2.45) is 5.41 Å². The Labute approximate surface area is 227 Å². The van der Waals surface area contributed by atoms with Crippen molar-refractivity contribution in [2.75, 3.05) is 77.5 Å². The summed E-state index contributed by atoms with van der Waals surface area (Å²) in [5.41, 5.74) is 0.400. The van der Waals surface area contributed by atoms with Gasteiger partial charge < -0.3 is 29.9 Å². The number of carbonyl (C=O) groups excluding carboxylic acids is 2. The SMILES string of the molecule is CCOc1ncccc1[C@]1(NC(=O)N2CC3(CN(CCN4CCOCC4)C3)C2)C(=O)Nc2ccc(C#N)cc21. The van der Waals surface area contributed by atoms with E-state index in [1.54, 1.807) is 41.4 Å². The molecule has 5 heterocycles. The first-order valence-electron chi connectivity index (χ1n) is 13.5. The summed E-state index contributed by atoms with van der Waals surface area (Å²) in [5.74, 6) is -0.149. The topological polar surface area (TPSA) is 123 Å². The number of nitriles is 1. The Bertz CT molecular complexity index is 1310. The summed E-state index contributed by atoms with van der Waals surface area (Å²) in [7, 11) is 0. The summed E-state index contributed by atoms with van der Waals surface area (Å²) in [6.07, 6.45) is 1.59. The lowest BCUT2D eigenvalue weighted by atomic mass is 9.73. The lowest BCUT2D eigenvalue weighted by molar-refractivity contribution is -0.121. The van der Waals surface area contributed by atoms with E-state index in [0.29, 0.717) is 42.1 Å². The number of urea groups is 1. The van der Waals surface area contributed by atoms with Gasteiger partial charge in [-0.25, -0.2) is 9.78 Å². The van der Waals surface area contributed by atoms with Crippen LogP contribution in [0.4, 0.5) is 10.5 Å². The number of nitrogens with zero attached hydrogens (tertiary/aromatic N) is 5. The van der Waals surface area contributed by atoms with Crippen LogP contribution in [0.25, 0.3) is 0 Å². The summed E-state index contributed by atoms with van der Waals surface area (Å²) in [4.78, 5) is 38.3. The second kappa shape index (κ2) is 10.1.